The number of hydrogen-bond donors (Lipinski definition) is 1. The van der Waals surface area contributed by atoms with Crippen molar-refractivity contribution < 1.29 is 9.84 Å². The summed E-state index contributed by atoms with van der Waals surface area (Å²) in [7, 11) is 3.70. The van der Waals surface area contributed by atoms with E-state index in [-0.39, 0.29) is 5.41 Å². The van der Waals surface area contributed by atoms with E-state index in [0.717, 1.165) is 17.0 Å². The SMILES string of the molecule is COc1cccc(N(C)C(C)C(C)(C)C)c1[C@@H](C)O. The topological polar surface area (TPSA) is 32.7 Å². The molecule has 0 saturated heterocycles. The highest BCUT2D eigenvalue weighted by atomic mass is 16.5. The number of aliphatic hydroxyl groups excluding tert-OH is 1. The van der Waals surface area contributed by atoms with Crippen molar-refractivity contribution in [2.75, 3.05) is 19.1 Å². The summed E-state index contributed by atoms with van der Waals surface area (Å²) in [5.74, 6) is 0.737. The zero-order chi connectivity index (χ0) is 14.8. The van der Waals surface area contributed by atoms with Gasteiger partial charge in [0.2, 0.25) is 0 Å². The number of ether oxygens (including phenoxy) is 1. The summed E-state index contributed by atoms with van der Waals surface area (Å²) < 4.78 is 5.38. The smallest absolute Gasteiger partial charge is 0.126 e. The lowest BCUT2D eigenvalue weighted by Gasteiger charge is -2.38. The van der Waals surface area contributed by atoms with Crippen molar-refractivity contribution in [3.8, 4) is 5.75 Å². The van der Waals surface area contributed by atoms with Gasteiger partial charge in [-0.25, -0.2) is 0 Å². The Balaban J connectivity index is 3.27. The Kier molecular flexibility index (Phi) is 4.86. The molecule has 1 N–H and O–H groups in total. The molecule has 1 rings (SSSR count). The fourth-order valence-electron chi connectivity index (χ4n) is 2.23. The van der Waals surface area contributed by atoms with Gasteiger partial charge < -0.3 is 14.7 Å². The molecule has 0 bridgehead atoms. The Bertz CT molecular complexity index is 421. The second-order valence-corrected chi connectivity index (χ2v) is 6.22. The number of rotatable bonds is 4. The van der Waals surface area contributed by atoms with Gasteiger partial charge in [0.15, 0.2) is 0 Å². The van der Waals surface area contributed by atoms with E-state index in [0.29, 0.717) is 6.04 Å². The molecule has 0 aliphatic heterocycles. The van der Waals surface area contributed by atoms with Crippen molar-refractivity contribution in [3.63, 3.8) is 0 Å². The molecule has 0 aromatic heterocycles. The highest BCUT2D eigenvalue weighted by molar-refractivity contribution is 5.60. The summed E-state index contributed by atoms with van der Waals surface area (Å²) in [6.07, 6.45) is -0.555. The van der Waals surface area contributed by atoms with E-state index in [1.165, 1.54) is 0 Å². The number of hydrogen-bond acceptors (Lipinski definition) is 3. The minimum Gasteiger partial charge on any atom is -0.496 e. The van der Waals surface area contributed by atoms with E-state index in [1.54, 1.807) is 14.0 Å². The molecule has 0 fully saturated rings. The highest BCUT2D eigenvalue weighted by Crippen LogP contribution is 2.37. The van der Waals surface area contributed by atoms with Gasteiger partial charge >= 0.3 is 0 Å². The molecule has 1 unspecified atom stereocenters. The predicted molar refractivity (Wildman–Crippen MR) is 80.9 cm³/mol. The molecule has 0 spiro atoms. The van der Waals surface area contributed by atoms with Gasteiger partial charge in [0, 0.05) is 24.3 Å². The first kappa shape index (κ1) is 15.8. The molecule has 0 aliphatic rings. The van der Waals surface area contributed by atoms with Crippen LogP contribution in [0.1, 0.15) is 46.3 Å². The standard InChI is InChI=1S/C16H27NO2/c1-11(18)15-13(9-8-10-14(15)19-7)17(6)12(2)16(3,4)5/h8-12,18H,1-7H3/t11-,12?/m1/s1. The van der Waals surface area contributed by atoms with Crippen LogP contribution in [0.3, 0.4) is 0 Å². The van der Waals surface area contributed by atoms with Gasteiger partial charge in [-0.3, -0.25) is 0 Å². The highest BCUT2D eigenvalue weighted by Gasteiger charge is 2.27. The summed E-state index contributed by atoms with van der Waals surface area (Å²) in [6, 6.07) is 6.23. The molecule has 19 heavy (non-hydrogen) atoms. The van der Waals surface area contributed by atoms with E-state index in [4.69, 9.17) is 4.74 Å². The van der Waals surface area contributed by atoms with Gasteiger partial charge in [0.05, 0.1) is 13.2 Å². The lowest BCUT2D eigenvalue weighted by molar-refractivity contribution is 0.194. The Labute approximate surface area is 117 Å². The van der Waals surface area contributed by atoms with E-state index in [2.05, 4.69) is 39.6 Å². The average molecular weight is 265 g/mol. The zero-order valence-electron chi connectivity index (χ0n) is 13.2. The maximum atomic E-state index is 10.0. The molecule has 2 atom stereocenters. The van der Waals surface area contributed by atoms with Crippen molar-refractivity contribution in [1.82, 2.24) is 0 Å². The number of anilines is 1. The van der Waals surface area contributed by atoms with Gasteiger partial charge in [-0.2, -0.15) is 0 Å². The third-order valence-corrected chi connectivity index (χ3v) is 3.90. The van der Waals surface area contributed by atoms with Crippen LogP contribution in [0.5, 0.6) is 5.75 Å². The zero-order valence-corrected chi connectivity index (χ0v) is 13.2. The largest absolute Gasteiger partial charge is 0.496 e. The van der Waals surface area contributed by atoms with Crippen LogP contribution in [0.15, 0.2) is 18.2 Å². The molecule has 0 aliphatic carbocycles. The van der Waals surface area contributed by atoms with Crippen LogP contribution < -0.4 is 9.64 Å². The second-order valence-electron chi connectivity index (χ2n) is 6.22. The van der Waals surface area contributed by atoms with Crippen LogP contribution in [-0.2, 0) is 0 Å². The lowest BCUT2D eigenvalue weighted by Crippen LogP contribution is -2.40. The molecule has 0 amide bonds. The molecule has 1 aromatic carbocycles. The maximum absolute atomic E-state index is 10.0. The fraction of sp³-hybridized carbons (Fsp3) is 0.625. The second kappa shape index (κ2) is 5.83. The van der Waals surface area contributed by atoms with Crippen LogP contribution in [0.25, 0.3) is 0 Å². The first-order chi connectivity index (χ1) is 8.70. The van der Waals surface area contributed by atoms with Crippen molar-refractivity contribution in [3.05, 3.63) is 23.8 Å². The van der Waals surface area contributed by atoms with Crippen molar-refractivity contribution in [2.24, 2.45) is 5.41 Å². The minimum absolute atomic E-state index is 0.161. The first-order valence-corrected chi connectivity index (χ1v) is 6.78. The van der Waals surface area contributed by atoms with Gasteiger partial charge in [0.25, 0.3) is 0 Å². The summed E-state index contributed by atoms with van der Waals surface area (Å²) in [6.45, 7) is 10.6. The first-order valence-electron chi connectivity index (χ1n) is 6.78. The molecule has 3 heteroatoms. The Morgan fingerprint density at radius 3 is 2.21 bits per heavy atom. The number of aliphatic hydroxyl groups is 1. The fourth-order valence-corrected chi connectivity index (χ4v) is 2.23. The quantitative estimate of drug-likeness (QED) is 0.902. The Morgan fingerprint density at radius 1 is 1.21 bits per heavy atom. The molecule has 0 heterocycles. The normalized spacial score (nSPS) is 14.9. The van der Waals surface area contributed by atoms with Crippen LogP contribution >= 0.6 is 0 Å². The van der Waals surface area contributed by atoms with Gasteiger partial charge in [-0.15, -0.1) is 0 Å². The molecule has 108 valence electrons. The average Bonchev–Trinajstić information content (AvgIpc) is 2.34. The molecule has 0 radical (unpaired) electrons. The minimum atomic E-state index is -0.555. The molecular weight excluding hydrogens is 238 g/mol. The number of benzene rings is 1. The summed E-state index contributed by atoms with van der Waals surface area (Å²) in [5.41, 5.74) is 2.04. The summed E-state index contributed by atoms with van der Waals surface area (Å²) >= 11 is 0. The van der Waals surface area contributed by atoms with Crippen molar-refractivity contribution in [1.29, 1.82) is 0 Å². The molecule has 3 nitrogen and oxygen atoms in total. The molecular formula is C16H27NO2. The Morgan fingerprint density at radius 2 is 1.79 bits per heavy atom. The van der Waals surface area contributed by atoms with E-state index in [9.17, 15) is 5.11 Å². The van der Waals surface area contributed by atoms with Crippen molar-refractivity contribution >= 4 is 5.69 Å². The third-order valence-electron chi connectivity index (χ3n) is 3.90. The summed E-state index contributed by atoms with van der Waals surface area (Å²) in [5, 5.41) is 10.0. The lowest BCUT2D eigenvalue weighted by atomic mass is 9.86. The van der Waals surface area contributed by atoms with Crippen LogP contribution in [-0.4, -0.2) is 25.3 Å². The van der Waals surface area contributed by atoms with Gasteiger partial charge in [0.1, 0.15) is 5.75 Å². The number of methoxy groups -OCH3 is 1. The predicted octanol–water partition coefficient (Wildman–Crippen LogP) is 3.62. The van der Waals surface area contributed by atoms with Crippen LogP contribution in [0, 0.1) is 5.41 Å². The van der Waals surface area contributed by atoms with Crippen LogP contribution in [0.2, 0.25) is 0 Å². The van der Waals surface area contributed by atoms with E-state index < -0.39 is 6.10 Å². The van der Waals surface area contributed by atoms with E-state index in [1.807, 2.05) is 18.2 Å². The monoisotopic (exact) mass is 265 g/mol. The van der Waals surface area contributed by atoms with Crippen molar-refractivity contribution in [2.45, 2.75) is 46.8 Å². The molecule has 1 aromatic rings. The van der Waals surface area contributed by atoms with Crippen LogP contribution in [0.4, 0.5) is 5.69 Å². The third kappa shape index (κ3) is 3.41. The number of nitrogens with zero attached hydrogens (tertiary/aromatic N) is 1. The van der Waals surface area contributed by atoms with Gasteiger partial charge in [-0.05, 0) is 31.4 Å². The molecule has 0 saturated carbocycles. The van der Waals surface area contributed by atoms with Gasteiger partial charge in [-0.1, -0.05) is 26.8 Å². The van der Waals surface area contributed by atoms with E-state index >= 15 is 0 Å². The summed E-state index contributed by atoms with van der Waals surface area (Å²) in [4.78, 5) is 2.21. The Hall–Kier alpha value is -1.22. The maximum Gasteiger partial charge on any atom is 0.126 e.